The molecule has 0 fully saturated rings. The standard InChI is InChI=1S/C22H23F3N4O2/c1-3-14-5-7-15(8-6-14)18-10-19(22(23,24)25)29-20(28-18)17(12-27-29)21(30)26-11-16-9-4-13(2)31-16/h4-9,12,18-19,28H,3,10-11H2,1-2H3,(H,26,30)/t18-,19+/m1/s1. The number of anilines is 1. The first-order chi connectivity index (χ1) is 14.8. The van der Waals surface area contributed by atoms with Gasteiger partial charge in [-0.15, -0.1) is 0 Å². The van der Waals surface area contributed by atoms with Gasteiger partial charge in [0, 0.05) is 6.42 Å². The topological polar surface area (TPSA) is 72.1 Å². The molecule has 0 saturated heterocycles. The van der Waals surface area contributed by atoms with Crippen LogP contribution in [0.25, 0.3) is 0 Å². The lowest BCUT2D eigenvalue weighted by Gasteiger charge is -2.34. The van der Waals surface area contributed by atoms with Crippen LogP contribution in [0.4, 0.5) is 19.0 Å². The molecule has 0 spiro atoms. The zero-order valence-electron chi connectivity index (χ0n) is 17.2. The van der Waals surface area contributed by atoms with Crippen molar-refractivity contribution in [3.63, 3.8) is 0 Å². The molecule has 6 nitrogen and oxygen atoms in total. The molecule has 3 aromatic rings. The van der Waals surface area contributed by atoms with Crippen LogP contribution in [0.3, 0.4) is 0 Å². The summed E-state index contributed by atoms with van der Waals surface area (Å²) in [6.07, 6.45) is -2.69. The minimum Gasteiger partial charge on any atom is -0.465 e. The predicted molar refractivity (Wildman–Crippen MR) is 109 cm³/mol. The minimum atomic E-state index is -4.50. The second-order valence-corrected chi connectivity index (χ2v) is 7.63. The van der Waals surface area contributed by atoms with Crippen LogP contribution >= 0.6 is 0 Å². The highest BCUT2D eigenvalue weighted by Gasteiger charge is 2.47. The van der Waals surface area contributed by atoms with E-state index in [1.807, 2.05) is 31.2 Å². The number of hydrogen-bond acceptors (Lipinski definition) is 4. The van der Waals surface area contributed by atoms with Gasteiger partial charge in [0.15, 0.2) is 6.04 Å². The van der Waals surface area contributed by atoms with Gasteiger partial charge in [0.05, 0.1) is 18.8 Å². The summed E-state index contributed by atoms with van der Waals surface area (Å²) in [4.78, 5) is 12.7. The maximum absolute atomic E-state index is 13.8. The largest absolute Gasteiger partial charge is 0.465 e. The molecule has 0 unspecified atom stereocenters. The van der Waals surface area contributed by atoms with Crippen LogP contribution in [0.15, 0.2) is 47.0 Å². The molecule has 9 heteroatoms. The molecule has 4 rings (SSSR count). The smallest absolute Gasteiger partial charge is 0.410 e. The summed E-state index contributed by atoms with van der Waals surface area (Å²) in [6, 6.07) is 8.55. The summed E-state index contributed by atoms with van der Waals surface area (Å²) >= 11 is 0. The van der Waals surface area contributed by atoms with Crippen molar-refractivity contribution in [2.45, 2.75) is 51.5 Å². The molecule has 1 aliphatic heterocycles. The second kappa shape index (κ2) is 8.13. The lowest BCUT2D eigenvalue weighted by molar-refractivity contribution is -0.173. The summed E-state index contributed by atoms with van der Waals surface area (Å²) < 4.78 is 47.7. The van der Waals surface area contributed by atoms with E-state index in [0.29, 0.717) is 11.5 Å². The number of benzene rings is 1. The molecule has 1 aromatic carbocycles. The number of carbonyl (C=O) groups excluding carboxylic acids is 1. The van der Waals surface area contributed by atoms with Gasteiger partial charge < -0.3 is 15.1 Å². The van der Waals surface area contributed by atoms with E-state index in [1.165, 1.54) is 6.20 Å². The molecule has 0 bridgehead atoms. The van der Waals surface area contributed by atoms with Gasteiger partial charge in [0.1, 0.15) is 22.9 Å². The average molecular weight is 432 g/mol. The first-order valence-corrected chi connectivity index (χ1v) is 10.1. The third-order valence-electron chi connectivity index (χ3n) is 5.49. The molecule has 3 heterocycles. The van der Waals surface area contributed by atoms with Gasteiger partial charge in [-0.25, -0.2) is 4.68 Å². The van der Waals surface area contributed by atoms with Crippen LogP contribution in [0.2, 0.25) is 0 Å². The van der Waals surface area contributed by atoms with E-state index < -0.39 is 24.2 Å². The van der Waals surface area contributed by atoms with Gasteiger partial charge in [-0.05, 0) is 36.6 Å². The number of alkyl halides is 3. The van der Waals surface area contributed by atoms with E-state index in [1.54, 1.807) is 19.1 Å². The number of halogens is 3. The Kier molecular flexibility index (Phi) is 5.51. The van der Waals surface area contributed by atoms with Crippen LogP contribution in [0.1, 0.15) is 58.4 Å². The summed E-state index contributed by atoms with van der Waals surface area (Å²) in [5, 5.41) is 9.67. The third-order valence-corrected chi connectivity index (χ3v) is 5.49. The molecular formula is C22H23F3N4O2. The fourth-order valence-corrected chi connectivity index (χ4v) is 3.78. The zero-order chi connectivity index (χ0) is 22.2. The number of nitrogens with one attached hydrogen (secondary N) is 2. The first kappa shape index (κ1) is 21.0. The highest BCUT2D eigenvalue weighted by Crippen LogP contribution is 2.44. The Balaban J connectivity index is 1.61. The molecule has 0 saturated carbocycles. The van der Waals surface area contributed by atoms with Crippen LogP contribution in [-0.4, -0.2) is 21.9 Å². The van der Waals surface area contributed by atoms with Crippen molar-refractivity contribution in [2.24, 2.45) is 0 Å². The Labute approximate surface area is 177 Å². The molecule has 0 radical (unpaired) electrons. The van der Waals surface area contributed by atoms with Crippen LogP contribution in [-0.2, 0) is 13.0 Å². The first-order valence-electron chi connectivity index (χ1n) is 10.1. The molecule has 31 heavy (non-hydrogen) atoms. The predicted octanol–water partition coefficient (Wildman–Crippen LogP) is 4.94. The van der Waals surface area contributed by atoms with Crippen LogP contribution in [0, 0.1) is 6.92 Å². The number of aromatic nitrogens is 2. The SMILES string of the molecule is CCc1ccc([C@H]2C[C@@H](C(F)(F)F)n3ncc(C(=O)NCc4ccc(C)o4)c3N2)cc1. The summed E-state index contributed by atoms with van der Waals surface area (Å²) in [5.74, 6) is 0.803. The highest BCUT2D eigenvalue weighted by molar-refractivity contribution is 5.98. The molecule has 1 aliphatic rings. The number of rotatable bonds is 5. The lowest BCUT2D eigenvalue weighted by Crippen LogP contribution is -2.36. The van der Waals surface area contributed by atoms with Gasteiger partial charge in [0.25, 0.3) is 5.91 Å². The number of fused-ring (bicyclic) bond motifs is 1. The Morgan fingerprint density at radius 1 is 1.26 bits per heavy atom. The quantitative estimate of drug-likeness (QED) is 0.599. The fraction of sp³-hybridized carbons (Fsp3) is 0.364. The average Bonchev–Trinajstić information content (AvgIpc) is 3.36. The number of carbonyl (C=O) groups is 1. The Bertz CT molecular complexity index is 1070. The second-order valence-electron chi connectivity index (χ2n) is 7.63. The Morgan fingerprint density at radius 3 is 2.61 bits per heavy atom. The van der Waals surface area contributed by atoms with Crippen molar-refractivity contribution in [3.05, 3.63) is 70.8 Å². The maximum Gasteiger partial charge on any atom is 0.410 e. The number of nitrogens with zero attached hydrogens (tertiary/aromatic N) is 2. The normalized spacial score (nSPS) is 18.4. The van der Waals surface area contributed by atoms with Crippen molar-refractivity contribution < 1.29 is 22.4 Å². The monoisotopic (exact) mass is 432 g/mol. The van der Waals surface area contributed by atoms with E-state index >= 15 is 0 Å². The highest BCUT2D eigenvalue weighted by atomic mass is 19.4. The molecule has 2 atom stereocenters. The Hall–Kier alpha value is -3.23. The van der Waals surface area contributed by atoms with Crippen molar-refractivity contribution in [1.82, 2.24) is 15.1 Å². The minimum absolute atomic E-state index is 0.0614. The van der Waals surface area contributed by atoms with Crippen LogP contribution in [0.5, 0.6) is 0 Å². The lowest BCUT2D eigenvalue weighted by atomic mass is 9.95. The summed E-state index contributed by atoms with van der Waals surface area (Å²) in [5.41, 5.74) is 1.90. The number of furan rings is 1. The van der Waals surface area contributed by atoms with E-state index in [0.717, 1.165) is 22.2 Å². The summed E-state index contributed by atoms with van der Waals surface area (Å²) in [6.45, 7) is 3.93. The van der Waals surface area contributed by atoms with Crippen molar-refractivity contribution in [3.8, 4) is 0 Å². The van der Waals surface area contributed by atoms with Gasteiger partial charge >= 0.3 is 6.18 Å². The van der Waals surface area contributed by atoms with E-state index in [-0.39, 0.29) is 24.3 Å². The molecule has 0 aliphatic carbocycles. The van der Waals surface area contributed by atoms with Gasteiger partial charge in [-0.1, -0.05) is 31.2 Å². The Morgan fingerprint density at radius 2 is 2.00 bits per heavy atom. The third kappa shape index (κ3) is 4.30. The van der Waals surface area contributed by atoms with E-state index in [9.17, 15) is 18.0 Å². The molecule has 1 amide bonds. The maximum atomic E-state index is 13.8. The van der Waals surface area contributed by atoms with E-state index in [2.05, 4.69) is 15.7 Å². The molecule has 2 aromatic heterocycles. The molecule has 164 valence electrons. The summed E-state index contributed by atoms with van der Waals surface area (Å²) in [7, 11) is 0. The van der Waals surface area contributed by atoms with Crippen molar-refractivity contribution in [1.29, 1.82) is 0 Å². The van der Waals surface area contributed by atoms with Crippen molar-refractivity contribution >= 4 is 11.7 Å². The number of hydrogen-bond donors (Lipinski definition) is 2. The zero-order valence-corrected chi connectivity index (χ0v) is 17.2. The number of amides is 1. The van der Waals surface area contributed by atoms with E-state index in [4.69, 9.17) is 4.42 Å². The van der Waals surface area contributed by atoms with Gasteiger partial charge in [-0.3, -0.25) is 4.79 Å². The van der Waals surface area contributed by atoms with Crippen LogP contribution < -0.4 is 10.6 Å². The van der Waals surface area contributed by atoms with Gasteiger partial charge in [-0.2, -0.15) is 18.3 Å². The van der Waals surface area contributed by atoms with Crippen molar-refractivity contribution in [2.75, 3.05) is 5.32 Å². The molecule has 2 N–H and O–H groups in total. The van der Waals surface area contributed by atoms with Gasteiger partial charge in [0.2, 0.25) is 0 Å². The fourth-order valence-electron chi connectivity index (χ4n) is 3.78. The molecular weight excluding hydrogens is 409 g/mol. The number of aryl methyl sites for hydroxylation is 2.